The first-order valence-electron chi connectivity index (χ1n) is 6.43. The van der Waals surface area contributed by atoms with Crippen molar-refractivity contribution in [1.82, 2.24) is 0 Å². The minimum Gasteiger partial charge on any atom is -0.497 e. The van der Waals surface area contributed by atoms with Crippen molar-refractivity contribution >= 4 is 17.3 Å². The fraction of sp³-hybridized carbons (Fsp3) is 0.250. The van der Waals surface area contributed by atoms with Gasteiger partial charge in [-0.3, -0.25) is 0 Å². The van der Waals surface area contributed by atoms with Gasteiger partial charge >= 0.3 is 0 Å². The molecule has 0 spiro atoms. The molecule has 4 heteroatoms. The lowest BCUT2D eigenvalue weighted by atomic mass is 10.1. The van der Waals surface area contributed by atoms with Crippen molar-refractivity contribution in [2.24, 2.45) is 0 Å². The highest BCUT2D eigenvalue weighted by atomic mass is 35.5. The predicted molar refractivity (Wildman–Crippen MR) is 82.6 cm³/mol. The Balaban J connectivity index is 2.04. The number of halogens is 1. The van der Waals surface area contributed by atoms with Crippen LogP contribution in [0.4, 0.5) is 5.69 Å². The van der Waals surface area contributed by atoms with E-state index in [0.29, 0.717) is 11.6 Å². The highest BCUT2D eigenvalue weighted by molar-refractivity contribution is 6.31. The average Bonchev–Trinajstić information content (AvgIpc) is 2.48. The van der Waals surface area contributed by atoms with E-state index in [1.54, 1.807) is 7.11 Å². The molecule has 0 aliphatic heterocycles. The van der Waals surface area contributed by atoms with Gasteiger partial charge in [-0.15, -0.1) is 0 Å². The zero-order valence-corrected chi connectivity index (χ0v) is 12.3. The van der Waals surface area contributed by atoms with Crippen LogP contribution in [0.2, 0.25) is 5.02 Å². The SMILES string of the molecule is COc1cccc(C(O)CNc2cccc(Cl)c2C)c1. The molecular weight excluding hydrogens is 274 g/mol. The molecule has 0 radical (unpaired) electrons. The third kappa shape index (κ3) is 3.44. The number of rotatable bonds is 5. The van der Waals surface area contributed by atoms with Gasteiger partial charge in [0.05, 0.1) is 13.2 Å². The number of hydrogen-bond acceptors (Lipinski definition) is 3. The van der Waals surface area contributed by atoms with E-state index in [1.165, 1.54) is 0 Å². The number of aliphatic hydroxyl groups is 1. The minimum atomic E-state index is -0.608. The molecule has 0 aliphatic carbocycles. The highest BCUT2D eigenvalue weighted by Crippen LogP contribution is 2.24. The standard InChI is InChI=1S/C16H18ClNO2/c1-11-14(17)7-4-8-15(11)18-10-16(19)12-5-3-6-13(9-12)20-2/h3-9,16,18-19H,10H2,1-2H3. The normalized spacial score (nSPS) is 12.0. The quantitative estimate of drug-likeness (QED) is 0.880. The van der Waals surface area contributed by atoms with Gasteiger partial charge in [0, 0.05) is 17.3 Å². The average molecular weight is 292 g/mol. The Morgan fingerprint density at radius 2 is 2.00 bits per heavy atom. The first kappa shape index (κ1) is 14.7. The van der Waals surface area contributed by atoms with E-state index < -0.39 is 6.10 Å². The Bertz CT molecular complexity index is 586. The molecule has 2 aromatic rings. The van der Waals surface area contributed by atoms with Crippen LogP contribution in [-0.4, -0.2) is 18.8 Å². The third-order valence-electron chi connectivity index (χ3n) is 3.23. The second-order valence-corrected chi connectivity index (χ2v) is 4.99. The number of aliphatic hydroxyl groups excluding tert-OH is 1. The number of benzene rings is 2. The van der Waals surface area contributed by atoms with Crippen LogP contribution >= 0.6 is 11.6 Å². The number of ether oxygens (including phenoxy) is 1. The van der Waals surface area contributed by atoms with E-state index in [9.17, 15) is 5.11 Å². The van der Waals surface area contributed by atoms with Gasteiger partial charge in [-0.2, -0.15) is 0 Å². The van der Waals surface area contributed by atoms with Gasteiger partial charge < -0.3 is 15.2 Å². The first-order valence-corrected chi connectivity index (χ1v) is 6.80. The summed E-state index contributed by atoms with van der Waals surface area (Å²) in [5, 5.41) is 14.1. The molecule has 106 valence electrons. The molecule has 2 N–H and O–H groups in total. The summed E-state index contributed by atoms with van der Waals surface area (Å²) in [5.74, 6) is 0.737. The van der Waals surface area contributed by atoms with Crippen molar-refractivity contribution in [3.05, 3.63) is 58.6 Å². The van der Waals surface area contributed by atoms with Gasteiger partial charge in [-0.05, 0) is 42.3 Å². The Morgan fingerprint density at radius 3 is 2.75 bits per heavy atom. The molecule has 1 atom stereocenters. The van der Waals surface area contributed by atoms with Crippen molar-refractivity contribution in [1.29, 1.82) is 0 Å². The summed E-state index contributed by atoms with van der Waals surface area (Å²) in [6.07, 6.45) is -0.608. The topological polar surface area (TPSA) is 41.5 Å². The van der Waals surface area contributed by atoms with Gasteiger partial charge in [0.1, 0.15) is 5.75 Å². The van der Waals surface area contributed by atoms with Crippen molar-refractivity contribution in [2.75, 3.05) is 19.0 Å². The van der Waals surface area contributed by atoms with Crippen LogP contribution in [0.1, 0.15) is 17.2 Å². The molecule has 0 bridgehead atoms. The van der Waals surface area contributed by atoms with E-state index in [1.807, 2.05) is 49.4 Å². The van der Waals surface area contributed by atoms with E-state index >= 15 is 0 Å². The molecule has 0 aliphatic rings. The van der Waals surface area contributed by atoms with Crippen LogP contribution in [0.15, 0.2) is 42.5 Å². The van der Waals surface area contributed by atoms with Crippen molar-refractivity contribution in [3.8, 4) is 5.75 Å². The monoisotopic (exact) mass is 291 g/mol. The number of methoxy groups -OCH3 is 1. The third-order valence-corrected chi connectivity index (χ3v) is 3.64. The second-order valence-electron chi connectivity index (χ2n) is 4.59. The lowest BCUT2D eigenvalue weighted by Crippen LogP contribution is -2.12. The summed E-state index contributed by atoms with van der Waals surface area (Å²) in [4.78, 5) is 0. The molecule has 0 amide bonds. The molecule has 0 saturated heterocycles. The van der Waals surface area contributed by atoms with Gasteiger partial charge in [0.25, 0.3) is 0 Å². The highest BCUT2D eigenvalue weighted by Gasteiger charge is 2.09. The fourth-order valence-corrected chi connectivity index (χ4v) is 2.15. The predicted octanol–water partition coefficient (Wildman–Crippen LogP) is 3.80. The lowest BCUT2D eigenvalue weighted by Gasteiger charge is -2.15. The minimum absolute atomic E-state index is 0.411. The molecule has 0 saturated carbocycles. The van der Waals surface area contributed by atoms with Gasteiger partial charge in [0.15, 0.2) is 0 Å². The fourth-order valence-electron chi connectivity index (χ4n) is 1.97. The van der Waals surface area contributed by atoms with Gasteiger partial charge in [-0.25, -0.2) is 0 Å². The molecule has 0 aromatic heterocycles. The van der Waals surface area contributed by atoms with E-state index in [0.717, 1.165) is 22.6 Å². The molecule has 0 fully saturated rings. The summed E-state index contributed by atoms with van der Waals surface area (Å²) in [6.45, 7) is 2.36. The van der Waals surface area contributed by atoms with Crippen LogP contribution in [0.3, 0.4) is 0 Å². The van der Waals surface area contributed by atoms with Gasteiger partial charge in [0.2, 0.25) is 0 Å². The zero-order valence-electron chi connectivity index (χ0n) is 11.6. The molecular formula is C16H18ClNO2. The van der Waals surface area contributed by atoms with Crippen molar-refractivity contribution < 1.29 is 9.84 Å². The molecule has 2 rings (SSSR count). The molecule has 3 nitrogen and oxygen atoms in total. The largest absolute Gasteiger partial charge is 0.497 e. The Labute approximate surface area is 124 Å². The maximum Gasteiger partial charge on any atom is 0.119 e. The molecule has 1 unspecified atom stereocenters. The molecule has 2 aromatic carbocycles. The Morgan fingerprint density at radius 1 is 1.25 bits per heavy atom. The van der Waals surface area contributed by atoms with Crippen LogP contribution in [0.25, 0.3) is 0 Å². The zero-order chi connectivity index (χ0) is 14.5. The van der Waals surface area contributed by atoms with Crippen molar-refractivity contribution in [2.45, 2.75) is 13.0 Å². The van der Waals surface area contributed by atoms with Crippen LogP contribution in [0, 0.1) is 6.92 Å². The van der Waals surface area contributed by atoms with E-state index in [2.05, 4.69) is 5.32 Å². The number of hydrogen-bond donors (Lipinski definition) is 2. The number of nitrogens with one attached hydrogen (secondary N) is 1. The maximum atomic E-state index is 10.2. The maximum absolute atomic E-state index is 10.2. The second kappa shape index (κ2) is 6.64. The smallest absolute Gasteiger partial charge is 0.119 e. The summed E-state index contributed by atoms with van der Waals surface area (Å²) in [5.41, 5.74) is 2.72. The van der Waals surface area contributed by atoms with Crippen LogP contribution in [-0.2, 0) is 0 Å². The summed E-state index contributed by atoms with van der Waals surface area (Å²) < 4.78 is 5.15. The van der Waals surface area contributed by atoms with Crippen LogP contribution in [0.5, 0.6) is 5.75 Å². The van der Waals surface area contributed by atoms with Gasteiger partial charge in [-0.1, -0.05) is 29.8 Å². The Hall–Kier alpha value is -1.71. The number of anilines is 1. The molecule has 20 heavy (non-hydrogen) atoms. The summed E-state index contributed by atoms with van der Waals surface area (Å²) in [7, 11) is 1.61. The van der Waals surface area contributed by atoms with E-state index in [-0.39, 0.29) is 0 Å². The molecule has 0 heterocycles. The van der Waals surface area contributed by atoms with Crippen LogP contribution < -0.4 is 10.1 Å². The Kier molecular flexibility index (Phi) is 4.88. The lowest BCUT2D eigenvalue weighted by molar-refractivity contribution is 0.191. The first-order chi connectivity index (χ1) is 9.61. The summed E-state index contributed by atoms with van der Waals surface area (Å²) in [6, 6.07) is 13.1. The van der Waals surface area contributed by atoms with Crippen molar-refractivity contribution in [3.63, 3.8) is 0 Å². The summed E-state index contributed by atoms with van der Waals surface area (Å²) >= 11 is 6.07. The van der Waals surface area contributed by atoms with E-state index in [4.69, 9.17) is 16.3 Å².